The average Bonchev–Trinajstić information content (AvgIpc) is 2.98. The highest BCUT2D eigenvalue weighted by Crippen LogP contribution is 2.36. The summed E-state index contributed by atoms with van der Waals surface area (Å²) >= 11 is 0. The number of aliphatic hydroxyl groups is 1. The molecule has 3 aromatic rings. The highest BCUT2D eigenvalue weighted by Gasteiger charge is 2.22. The lowest BCUT2D eigenvalue weighted by molar-refractivity contribution is 0.468. The van der Waals surface area contributed by atoms with Crippen molar-refractivity contribution in [3.05, 3.63) is 84.2 Å². The fraction of sp³-hybridized carbons (Fsp3) is 0. The summed E-state index contributed by atoms with van der Waals surface area (Å²) in [5.41, 5.74) is 2.48. The topological polar surface area (TPSA) is 34.4 Å². The largest absolute Gasteiger partial charge is 0.503 e. The van der Waals surface area contributed by atoms with Gasteiger partial charge in [0.1, 0.15) is 0 Å². The van der Waals surface area contributed by atoms with Crippen LogP contribution in [0.2, 0.25) is 0 Å². The van der Waals surface area contributed by atoms with Crippen molar-refractivity contribution < 1.29 is 9.84 Å². The summed E-state index contributed by atoms with van der Waals surface area (Å²) in [4.78, 5) is 0. The van der Waals surface area contributed by atoms with Crippen LogP contribution in [0.5, 0.6) is 5.75 Å². The summed E-state index contributed by atoms with van der Waals surface area (Å²) in [7, 11) is 0. The standard InChI is InChI=1S/C18H13NO2/c20-17-15-10-6-12-19(15)14-9-4-5-11-16(14)21-18(17)13-7-2-1-3-8-13/h1-12,20H. The minimum atomic E-state index is 0.141. The predicted molar refractivity (Wildman–Crippen MR) is 82.3 cm³/mol. The number of fused-ring (bicyclic) bond motifs is 3. The Hall–Kier alpha value is -2.94. The third kappa shape index (κ3) is 1.82. The second-order valence-corrected chi connectivity index (χ2v) is 4.88. The van der Waals surface area contributed by atoms with Crippen molar-refractivity contribution in [2.24, 2.45) is 0 Å². The van der Waals surface area contributed by atoms with E-state index in [-0.39, 0.29) is 5.76 Å². The van der Waals surface area contributed by atoms with E-state index in [2.05, 4.69) is 0 Å². The Bertz CT molecular complexity index is 831. The average molecular weight is 275 g/mol. The Kier molecular flexibility index (Phi) is 2.57. The lowest BCUT2D eigenvalue weighted by Gasteiger charge is -2.11. The molecule has 1 aliphatic heterocycles. The van der Waals surface area contributed by atoms with Crippen molar-refractivity contribution in [2.75, 3.05) is 0 Å². The summed E-state index contributed by atoms with van der Waals surface area (Å²) in [6.07, 6.45) is 1.92. The van der Waals surface area contributed by atoms with E-state index in [9.17, 15) is 5.11 Å². The number of hydrogen-bond acceptors (Lipinski definition) is 2. The number of benzene rings is 2. The van der Waals surface area contributed by atoms with Crippen LogP contribution in [0.25, 0.3) is 17.2 Å². The molecular weight excluding hydrogens is 262 g/mol. The quantitative estimate of drug-likeness (QED) is 0.720. The van der Waals surface area contributed by atoms with E-state index < -0.39 is 0 Å². The zero-order valence-electron chi connectivity index (χ0n) is 11.2. The molecule has 0 atom stereocenters. The molecule has 0 amide bonds. The predicted octanol–water partition coefficient (Wildman–Crippen LogP) is 4.25. The van der Waals surface area contributed by atoms with Crippen LogP contribution < -0.4 is 4.74 Å². The van der Waals surface area contributed by atoms with Gasteiger partial charge in [-0.25, -0.2) is 0 Å². The van der Waals surface area contributed by atoms with E-state index in [4.69, 9.17) is 4.74 Å². The van der Waals surface area contributed by atoms with Gasteiger partial charge >= 0.3 is 0 Å². The van der Waals surface area contributed by atoms with Gasteiger partial charge in [0.15, 0.2) is 17.3 Å². The van der Waals surface area contributed by atoms with E-state index in [0.717, 1.165) is 22.7 Å². The van der Waals surface area contributed by atoms with Gasteiger partial charge in [-0.15, -0.1) is 0 Å². The molecule has 1 N–H and O–H groups in total. The zero-order valence-corrected chi connectivity index (χ0v) is 11.2. The number of aromatic nitrogens is 1. The SMILES string of the molecule is OC1=C(c2ccccc2)Oc2ccccc2-n2cccc21. The molecule has 21 heavy (non-hydrogen) atoms. The van der Waals surface area contributed by atoms with Gasteiger partial charge in [0, 0.05) is 11.8 Å². The summed E-state index contributed by atoms with van der Waals surface area (Å²) in [6, 6.07) is 21.2. The van der Waals surface area contributed by atoms with Crippen molar-refractivity contribution >= 4 is 11.5 Å². The van der Waals surface area contributed by atoms with Crippen LogP contribution in [0.15, 0.2) is 72.9 Å². The molecule has 0 saturated carbocycles. The van der Waals surface area contributed by atoms with Gasteiger partial charge in [-0.05, 0) is 24.3 Å². The molecule has 2 aromatic carbocycles. The molecule has 0 unspecified atom stereocenters. The summed E-state index contributed by atoms with van der Waals surface area (Å²) in [6.45, 7) is 0. The van der Waals surface area contributed by atoms with E-state index in [1.165, 1.54) is 0 Å². The minimum Gasteiger partial charge on any atom is -0.503 e. The molecule has 0 aliphatic carbocycles. The van der Waals surface area contributed by atoms with Crippen LogP contribution in [-0.4, -0.2) is 9.67 Å². The van der Waals surface area contributed by atoms with Crippen molar-refractivity contribution in [3.8, 4) is 11.4 Å². The number of rotatable bonds is 1. The van der Waals surface area contributed by atoms with Crippen LogP contribution >= 0.6 is 0 Å². The highest BCUT2D eigenvalue weighted by atomic mass is 16.5. The monoisotopic (exact) mass is 275 g/mol. The van der Waals surface area contributed by atoms with Gasteiger partial charge in [0.25, 0.3) is 0 Å². The van der Waals surface area contributed by atoms with Gasteiger partial charge in [-0.2, -0.15) is 0 Å². The second-order valence-electron chi connectivity index (χ2n) is 4.88. The molecule has 1 aromatic heterocycles. The number of nitrogens with zero attached hydrogens (tertiary/aromatic N) is 1. The number of aliphatic hydroxyl groups excluding tert-OH is 1. The Balaban J connectivity index is 2.01. The molecule has 3 heteroatoms. The lowest BCUT2D eigenvalue weighted by atomic mass is 10.1. The lowest BCUT2D eigenvalue weighted by Crippen LogP contribution is -1.98. The highest BCUT2D eigenvalue weighted by molar-refractivity contribution is 5.85. The fourth-order valence-corrected chi connectivity index (χ4v) is 2.59. The van der Waals surface area contributed by atoms with Crippen LogP contribution in [0.1, 0.15) is 11.3 Å². The van der Waals surface area contributed by atoms with Crippen LogP contribution in [-0.2, 0) is 0 Å². The normalized spacial score (nSPS) is 13.1. The first-order valence-electron chi connectivity index (χ1n) is 6.78. The minimum absolute atomic E-state index is 0.141. The van der Waals surface area contributed by atoms with Crippen molar-refractivity contribution in [1.82, 2.24) is 4.57 Å². The zero-order chi connectivity index (χ0) is 14.2. The molecule has 1 aliphatic rings. The molecule has 0 radical (unpaired) electrons. The van der Waals surface area contributed by atoms with E-state index in [1.54, 1.807) is 0 Å². The maximum atomic E-state index is 10.6. The number of para-hydroxylation sites is 2. The van der Waals surface area contributed by atoms with E-state index in [1.807, 2.05) is 77.5 Å². The fourth-order valence-electron chi connectivity index (χ4n) is 2.59. The Morgan fingerprint density at radius 1 is 0.810 bits per heavy atom. The second kappa shape index (κ2) is 4.56. The molecule has 102 valence electrons. The maximum absolute atomic E-state index is 10.6. The number of ether oxygens (including phenoxy) is 1. The summed E-state index contributed by atoms with van der Waals surface area (Å²) in [5, 5.41) is 10.6. The van der Waals surface area contributed by atoms with Crippen LogP contribution in [0.4, 0.5) is 0 Å². The first-order chi connectivity index (χ1) is 10.3. The van der Waals surface area contributed by atoms with Gasteiger partial charge in [0.2, 0.25) is 0 Å². The molecule has 0 spiro atoms. The van der Waals surface area contributed by atoms with Gasteiger partial charge in [0.05, 0.1) is 11.4 Å². The number of hydrogen-bond donors (Lipinski definition) is 1. The van der Waals surface area contributed by atoms with Crippen molar-refractivity contribution in [2.45, 2.75) is 0 Å². The van der Waals surface area contributed by atoms with Gasteiger partial charge < -0.3 is 14.4 Å². The summed E-state index contributed by atoms with van der Waals surface area (Å²) < 4.78 is 7.94. The Morgan fingerprint density at radius 3 is 2.43 bits per heavy atom. The van der Waals surface area contributed by atoms with Crippen LogP contribution in [0, 0.1) is 0 Å². The molecule has 0 saturated heterocycles. The summed E-state index contributed by atoms with van der Waals surface area (Å²) in [5.74, 6) is 1.33. The molecule has 4 rings (SSSR count). The third-order valence-corrected chi connectivity index (χ3v) is 3.58. The Morgan fingerprint density at radius 2 is 1.57 bits per heavy atom. The smallest absolute Gasteiger partial charge is 0.183 e. The Labute approximate surface area is 122 Å². The molecule has 0 bridgehead atoms. The van der Waals surface area contributed by atoms with Gasteiger partial charge in [-0.1, -0.05) is 42.5 Å². The first-order valence-corrected chi connectivity index (χ1v) is 6.78. The maximum Gasteiger partial charge on any atom is 0.183 e. The van der Waals surface area contributed by atoms with Crippen LogP contribution in [0.3, 0.4) is 0 Å². The van der Waals surface area contributed by atoms with Crippen molar-refractivity contribution in [3.63, 3.8) is 0 Å². The third-order valence-electron chi connectivity index (χ3n) is 3.58. The molecular formula is C18H13NO2. The molecule has 2 heterocycles. The molecule has 3 nitrogen and oxygen atoms in total. The van der Waals surface area contributed by atoms with E-state index in [0.29, 0.717) is 5.76 Å². The van der Waals surface area contributed by atoms with Crippen molar-refractivity contribution in [1.29, 1.82) is 0 Å². The van der Waals surface area contributed by atoms with E-state index >= 15 is 0 Å². The van der Waals surface area contributed by atoms with Gasteiger partial charge in [-0.3, -0.25) is 0 Å². The first kappa shape index (κ1) is 11.9. The molecule has 0 fully saturated rings.